The Kier molecular flexibility index (Phi) is 3.67. The minimum atomic E-state index is -0.149. The van der Waals surface area contributed by atoms with Crippen molar-refractivity contribution in [1.82, 2.24) is 4.98 Å². The summed E-state index contributed by atoms with van der Waals surface area (Å²) in [5, 5.41) is 1.33. The summed E-state index contributed by atoms with van der Waals surface area (Å²) < 4.78 is 14.0. The van der Waals surface area contributed by atoms with Crippen LogP contribution in [0.2, 0.25) is 0 Å². The number of hydrogen-bond acceptors (Lipinski definition) is 2. The van der Waals surface area contributed by atoms with Gasteiger partial charge in [0.15, 0.2) is 0 Å². The maximum Gasteiger partial charge on any atom is 0.124 e. The number of aromatic nitrogens is 1. The second-order valence-electron chi connectivity index (χ2n) is 7.55. The van der Waals surface area contributed by atoms with E-state index in [4.69, 9.17) is 4.98 Å². The molecule has 5 rings (SSSR count). The Bertz CT molecular complexity index is 972. The lowest BCUT2D eigenvalue weighted by Crippen LogP contribution is -2.11. The quantitative estimate of drug-likeness (QED) is 0.493. The number of fused-ring (bicyclic) bond motifs is 4. The smallest absolute Gasteiger partial charge is 0.124 e. The van der Waals surface area contributed by atoms with Crippen LogP contribution in [0.4, 0.5) is 4.39 Å². The first-order valence-corrected chi connectivity index (χ1v) is 10.3. The van der Waals surface area contributed by atoms with E-state index in [-0.39, 0.29) is 5.82 Å². The first-order valence-electron chi connectivity index (χ1n) is 9.45. The lowest BCUT2D eigenvalue weighted by Gasteiger charge is -2.25. The molecule has 2 aromatic heterocycles. The summed E-state index contributed by atoms with van der Waals surface area (Å²) in [6.45, 7) is 2.29. The molecule has 1 nitrogen and oxygen atoms in total. The van der Waals surface area contributed by atoms with Crippen molar-refractivity contribution in [3.05, 3.63) is 51.8 Å². The average molecular weight is 351 g/mol. The zero-order valence-electron chi connectivity index (χ0n) is 14.6. The van der Waals surface area contributed by atoms with Crippen molar-refractivity contribution in [2.45, 2.75) is 57.8 Å². The largest absolute Gasteiger partial charge is 0.241 e. The topological polar surface area (TPSA) is 12.9 Å². The van der Waals surface area contributed by atoms with Crippen molar-refractivity contribution in [3.63, 3.8) is 0 Å². The molecule has 0 N–H and O–H groups in total. The molecule has 128 valence electrons. The van der Waals surface area contributed by atoms with Gasteiger partial charge < -0.3 is 0 Å². The van der Waals surface area contributed by atoms with Crippen molar-refractivity contribution in [2.24, 2.45) is 0 Å². The number of aryl methyl sites for hydroxylation is 2. The molecule has 0 saturated heterocycles. The molecular formula is C22H22FNS. The number of halogens is 1. The van der Waals surface area contributed by atoms with Gasteiger partial charge in [-0.25, -0.2) is 9.37 Å². The van der Waals surface area contributed by atoms with Gasteiger partial charge in [0.1, 0.15) is 10.6 Å². The molecule has 0 spiro atoms. The fourth-order valence-electron chi connectivity index (χ4n) is 4.69. The Hall–Kier alpha value is -1.74. The zero-order chi connectivity index (χ0) is 17.0. The number of benzene rings is 1. The lowest BCUT2D eigenvalue weighted by molar-refractivity contribution is 0.577. The molecule has 2 aliphatic rings. The molecule has 2 aliphatic carbocycles. The van der Waals surface area contributed by atoms with Crippen LogP contribution in [0.25, 0.3) is 21.3 Å². The van der Waals surface area contributed by atoms with Crippen LogP contribution in [0.15, 0.2) is 24.3 Å². The van der Waals surface area contributed by atoms with E-state index in [1.165, 1.54) is 69.6 Å². The Morgan fingerprint density at radius 1 is 1.08 bits per heavy atom. The maximum absolute atomic E-state index is 14.0. The van der Waals surface area contributed by atoms with Crippen LogP contribution in [0.1, 0.15) is 60.2 Å². The minimum Gasteiger partial charge on any atom is -0.241 e. The molecule has 2 heterocycles. The summed E-state index contributed by atoms with van der Waals surface area (Å²) >= 11 is 1.88. The van der Waals surface area contributed by atoms with E-state index in [1.54, 1.807) is 12.1 Å². The van der Waals surface area contributed by atoms with Crippen LogP contribution in [0.5, 0.6) is 0 Å². The monoisotopic (exact) mass is 351 g/mol. The molecule has 3 aromatic rings. The predicted octanol–water partition coefficient (Wildman–Crippen LogP) is 6.42. The Morgan fingerprint density at radius 3 is 2.80 bits per heavy atom. The highest BCUT2D eigenvalue weighted by atomic mass is 32.1. The van der Waals surface area contributed by atoms with E-state index < -0.39 is 0 Å². The van der Waals surface area contributed by atoms with E-state index in [9.17, 15) is 4.39 Å². The Balaban J connectivity index is 1.90. The third-order valence-electron chi connectivity index (χ3n) is 5.88. The molecular weight excluding hydrogens is 329 g/mol. The van der Waals surface area contributed by atoms with E-state index in [0.717, 1.165) is 18.4 Å². The van der Waals surface area contributed by atoms with Crippen molar-refractivity contribution in [1.29, 1.82) is 0 Å². The number of pyridine rings is 1. The van der Waals surface area contributed by atoms with Gasteiger partial charge in [-0.2, -0.15) is 0 Å². The predicted molar refractivity (Wildman–Crippen MR) is 103 cm³/mol. The highest BCUT2D eigenvalue weighted by Gasteiger charge is 2.28. The highest BCUT2D eigenvalue weighted by molar-refractivity contribution is 7.19. The van der Waals surface area contributed by atoms with Gasteiger partial charge in [-0.3, -0.25) is 0 Å². The first-order chi connectivity index (χ1) is 12.2. The lowest BCUT2D eigenvalue weighted by atomic mass is 9.81. The summed E-state index contributed by atoms with van der Waals surface area (Å²) in [5.74, 6) is 0.351. The highest BCUT2D eigenvalue weighted by Crippen LogP contribution is 2.46. The standard InChI is InChI=1S/C22H22FNS/c1-13-6-4-10-17-19(14-7-5-8-15(23)12-14)20-16-9-2-3-11-18(16)25-22(20)24-21(13)17/h5,7-8,12-13H,2-4,6,9-11H2,1H3. The van der Waals surface area contributed by atoms with Gasteiger partial charge in [0.25, 0.3) is 0 Å². The summed E-state index contributed by atoms with van der Waals surface area (Å²) in [7, 11) is 0. The SMILES string of the molecule is CC1CCCc2c1nc1sc3c(c1c2-c1cccc(F)c1)CCCC3. The Labute approximate surface area is 151 Å². The summed E-state index contributed by atoms with van der Waals surface area (Å²) in [6, 6.07) is 7.17. The molecule has 0 amide bonds. The number of hydrogen-bond donors (Lipinski definition) is 0. The van der Waals surface area contributed by atoms with Crippen LogP contribution in [-0.4, -0.2) is 4.98 Å². The van der Waals surface area contributed by atoms with E-state index in [1.807, 2.05) is 17.4 Å². The van der Waals surface area contributed by atoms with E-state index in [2.05, 4.69) is 13.0 Å². The number of thiophene rings is 1. The van der Waals surface area contributed by atoms with Crippen molar-refractivity contribution in [3.8, 4) is 11.1 Å². The molecule has 25 heavy (non-hydrogen) atoms. The zero-order valence-corrected chi connectivity index (χ0v) is 15.4. The van der Waals surface area contributed by atoms with Gasteiger partial charge in [-0.05, 0) is 85.3 Å². The molecule has 0 fully saturated rings. The van der Waals surface area contributed by atoms with Gasteiger partial charge in [-0.15, -0.1) is 11.3 Å². The van der Waals surface area contributed by atoms with Gasteiger partial charge in [0, 0.05) is 16.0 Å². The molecule has 1 unspecified atom stereocenters. The molecule has 3 heteroatoms. The van der Waals surface area contributed by atoms with Crippen molar-refractivity contribution < 1.29 is 4.39 Å². The van der Waals surface area contributed by atoms with Crippen LogP contribution in [0, 0.1) is 5.82 Å². The third-order valence-corrected chi connectivity index (χ3v) is 7.07. The van der Waals surface area contributed by atoms with Crippen LogP contribution in [0.3, 0.4) is 0 Å². The summed E-state index contributed by atoms with van der Waals surface area (Å²) in [4.78, 5) is 7.83. The molecule has 0 bridgehead atoms. The third kappa shape index (κ3) is 2.43. The van der Waals surface area contributed by atoms with E-state index >= 15 is 0 Å². The summed E-state index contributed by atoms with van der Waals surface area (Å²) in [5.41, 5.74) is 6.45. The first kappa shape index (κ1) is 15.5. The van der Waals surface area contributed by atoms with Gasteiger partial charge in [0.2, 0.25) is 0 Å². The Morgan fingerprint density at radius 2 is 1.92 bits per heavy atom. The van der Waals surface area contributed by atoms with E-state index in [0.29, 0.717) is 5.92 Å². The second kappa shape index (κ2) is 5.91. The van der Waals surface area contributed by atoms with Crippen LogP contribution >= 0.6 is 11.3 Å². The van der Waals surface area contributed by atoms with Gasteiger partial charge in [-0.1, -0.05) is 19.1 Å². The average Bonchev–Trinajstić information content (AvgIpc) is 2.99. The van der Waals surface area contributed by atoms with Crippen LogP contribution < -0.4 is 0 Å². The molecule has 1 aromatic carbocycles. The number of nitrogens with zero attached hydrogens (tertiary/aromatic N) is 1. The molecule has 1 atom stereocenters. The molecule has 0 saturated carbocycles. The van der Waals surface area contributed by atoms with Crippen LogP contribution in [-0.2, 0) is 19.3 Å². The number of rotatable bonds is 1. The fourth-order valence-corrected chi connectivity index (χ4v) is 5.97. The van der Waals surface area contributed by atoms with Crippen molar-refractivity contribution >= 4 is 21.6 Å². The van der Waals surface area contributed by atoms with Crippen molar-refractivity contribution in [2.75, 3.05) is 0 Å². The molecule has 0 aliphatic heterocycles. The normalized spacial score (nSPS) is 19.7. The van der Waals surface area contributed by atoms with Gasteiger partial charge >= 0.3 is 0 Å². The minimum absolute atomic E-state index is 0.149. The summed E-state index contributed by atoms with van der Waals surface area (Å²) in [6.07, 6.45) is 8.35. The fraction of sp³-hybridized carbons (Fsp3) is 0.409. The van der Waals surface area contributed by atoms with Gasteiger partial charge in [0.05, 0.1) is 0 Å². The molecule has 0 radical (unpaired) electrons. The maximum atomic E-state index is 14.0. The second-order valence-corrected chi connectivity index (χ2v) is 8.63.